The maximum absolute atomic E-state index is 6.73. The van der Waals surface area contributed by atoms with Crippen LogP contribution < -0.4 is 16.5 Å². The summed E-state index contributed by atoms with van der Waals surface area (Å²) in [4.78, 5) is 0. The fraction of sp³-hybridized carbons (Fsp3) is 0.391. The number of hydrogen-bond donors (Lipinski definition) is 3. The lowest BCUT2D eigenvalue weighted by molar-refractivity contribution is 0.249. The van der Waals surface area contributed by atoms with E-state index in [9.17, 15) is 0 Å². The zero-order valence-corrected chi connectivity index (χ0v) is 20.9. The van der Waals surface area contributed by atoms with Crippen LogP contribution in [0.1, 0.15) is 61.6 Å². The molecule has 4 nitrogen and oxygen atoms in total. The first-order chi connectivity index (χ1) is 14.9. The second kappa shape index (κ2) is 9.65. The predicted octanol–water partition coefficient (Wildman–Crippen LogP) is 6.47. The van der Waals surface area contributed by atoms with E-state index in [4.69, 9.17) is 46.3 Å². The minimum atomic E-state index is -0.323. The molecule has 1 saturated carbocycles. The van der Waals surface area contributed by atoms with Crippen LogP contribution in [0.2, 0.25) is 10.0 Å². The third kappa shape index (κ3) is 5.03. The van der Waals surface area contributed by atoms with Crippen molar-refractivity contribution in [1.29, 1.82) is 0 Å². The van der Waals surface area contributed by atoms with Gasteiger partial charge in [-0.3, -0.25) is 0 Å². The summed E-state index contributed by atoms with van der Waals surface area (Å²) in [6.07, 6.45) is 6.11. The van der Waals surface area contributed by atoms with Crippen molar-refractivity contribution in [2.75, 3.05) is 0 Å². The molecule has 1 aliphatic heterocycles. The standard InChI is InChI=1S/C23H25BrCl2N4S/c24-15-6-4-14(5-7-15)19-13-20(30-29-19)21(17-9-8-16(25)12-18(17)26)23(28-22(27)31)10-2-1-3-11-23/h4-9,12,19,21,29H,1-3,10-11,13H2,(H3,27,28,31). The van der Waals surface area contributed by atoms with Crippen LogP contribution in [0.15, 0.2) is 52.0 Å². The number of benzene rings is 2. The number of hydrogen-bond acceptors (Lipinski definition) is 3. The first kappa shape index (κ1) is 22.8. The Bertz CT molecular complexity index is 990. The lowest BCUT2D eigenvalue weighted by Gasteiger charge is -2.45. The number of halogens is 3. The molecule has 0 aromatic heterocycles. The molecular weight excluding hydrogens is 515 g/mol. The van der Waals surface area contributed by atoms with Crippen LogP contribution in [-0.2, 0) is 0 Å². The molecule has 31 heavy (non-hydrogen) atoms. The largest absolute Gasteiger partial charge is 0.376 e. The Morgan fingerprint density at radius 3 is 2.52 bits per heavy atom. The molecule has 164 valence electrons. The Labute approximate surface area is 207 Å². The highest BCUT2D eigenvalue weighted by Gasteiger charge is 2.46. The lowest BCUT2D eigenvalue weighted by atomic mass is 9.67. The lowest BCUT2D eigenvalue weighted by Crippen LogP contribution is -2.57. The molecule has 4 N–H and O–H groups in total. The molecule has 2 unspecified atom stereocenters. The molecule has 0 amide bonds. The summed E-state index contributed by atoms with van der Waals surface area (Å²) in [5, 5.41) is 9.87. The highest BCUT2D eigenvalue weighted by atomic mass is 79.9. The summed E-state index contributed by atoms with van der Waals surface area (Å²) in [5.74, 6) is -0.0629. The van der Waals surface area contributed by atoms with Gasteiger partial charge in [0.15, 0.2) is 5.11 Å². The van der Waals surface area contributed by atoms with Crippen LogP contribution in [-0.4, -0.2) is 16.4 Å². The van der Waals surface area contributed by atoms with Crippen molar-refractivity contribution in [3.8, 4) is 0 Å². The number of nitrogens with one attached hydrogen (secondary N) is 2. The van der Waals surface area contributed by atoms with Gasteiger partial charge in [-0.25, -0.2) is 0 Å². The average Bonchev–Trinajstić information content (AvgIpc) is 3.20. The Hall–Kier alpha value is -1.34. The minimum Gasteiger partial charge on any atom is -0.376 e. The van der Waals surface area contributed by atoms with E-state index < -0.39 is 0 Å². The molecule has 0 radical (unpaired) electrons. The van der Waals surface area contributed by atoms with E-state index >= 15 is 0 Å². The van der Waals surface area contributed by atoms with Crippen LogP contribution in [0.25, 0.3) is 0 Å². The molecule has 2 aliphatic rings. The zero-order chi connectivity index (χ0) is 22.0. The van der Waals surface area contributed by atoms with Gasteiger partial charge in [0.05, 0.1) is 17.3 Å². The maximum atomic E-state index is 6.73. The summed E-state index contributed by atoms with van der Waals surface area (Å²) in [7, 11) is 0. The van der Waals surface area contributed by atoms with E-state index in [-0.39, 0.29) is 17.5 Å². The summed E-state index contributed by atoms with van der Waals surface area (Å²) < 4.78 is 1.06. The first-order valence-corrected chi connectivity index (χ1v) is 12.4. The van der Waals surface area contributed by atoms with Gasteiger partial charge in [-0.1, -0.05) is 76.6 Å². The molecule has 1 aliphatic carbocycles. The topological polar surface area (TPSA) is 62.4 Å². The van der Waals surface area contributed by atoms with Crippen LogP contribution in [0.3, 0.4) is 0 Å². The Morgan fingerprint density at radius 2 is 1.87 bits per heavy atom. The average molecular weight is 540 g/mol. The van der Waals surface area contributed by atoms with E-state index in [1.807, 2.05) is 12.1 Å². The van der Waals surface area contributed by atoms with Crippen LogP contribution in [0, 0.1) is 0 Å². The first-order valence-electron chi connectivity index (χ1n) is 10.5. The molecule has 1 heterocycles. The Balaban J connectivity index is 1.73. The van der Waals surface area contributed by atoms with Crippen molar-refractivity contribution in [2.45, 2.75) is 56.0 Å². The SMILES string of the molecule is NC(=S)NC1(C(C2=NNC(c3ccc(Br)cc3)C2)c2ccc(Cl)cc2Cl)CCCCC1. The highest BCUT2D eigenvalue weighted by molar-refractivity contribution is 9.10. The second-order valence-corrected chi connectivity index (χ2v) is 10.5. The molecule has 0 spiro atoms. The fourth-order valence-electron chi connectivity index (χ4n) is 4.98. The third-order valence-corrected chi connectivity index (χ3v) is 7.52. The van der Waals surface area contributed by atoms with Gasteiger partial charge in [-0.15, -0.1) is 0 Å². The summed E-state index contributed by atoms with van der Waals surface area (Å²) in [6, 6.07) is 14.2. The Kier molecular flexibility index (Phi) is 7.11. The van der Waals surface area contributed by atoms with Crippen molar-refractivity contribution >= 4 is 62.2 Å². The molecule has 1 fully saturated rings. The van der Waals surface area contributed by atoms with Gasteiger partial charge in [0.1, 0.15) is 0 Å². The molecule has 8 heteroatoms. The number of thiocarbonyl (C=S) groups is 1. The third-order valence-electron chi connectivity index (χ3n) is 6.33. The van der Waals surface area contributed by atoms with E-state index in [2.05, 4.69) is 50.9 Å². The van der Waals surface area contributed by atoms with Crippen LogP contribution in [0.5, 0.6) is 0 Å². The van der Waals surface area contributed by atoms with Crippen molar-refractivity contribution in [3.05, 3.63) is 68.1 Å². The van der Waals surface area contributed by atoms with Crippen molar-refractivity contribution in [1.82, 2.24) is 10.7 Å². The summed E-state index contributed by atoms with van der Waals surface area (Å²) in [6.45, 7) is 0. The smallest absolute Gasteiger partial charge is 0.164 e. The second-order valence-electron chi connectivity index (χ2n) is 8.35. The number of hydrazone groups is 1. The molecule has 4 rings (SSSR count). The predicted molar refractivity (Wildman–Crippen MR) is 137 cm³/mol. The fourth-order valence-corrected chi connectivity index (χ4v) is 5.96. The molecular formula is C23H25BrCl2N4S. The molecule has 0 bridgehead atoms. The van der Waals surface area contributed by atoms with Crippen molar-refractivity contribution in [3.63, 3.8) is 0 Å². The Morgan fingerprint density at radius 1 is 1.16 bits per heavy atom. The van der Waals surface area contributed by atoms with E-state index in [0.29, 0.717) is 15.2 Å². The van der Waals surface area contributed by atoms with E-state index in [0.717, 1.165) is 47.9 Å². The van der Waals surface area contributed by atoms with Crippen LogP contribution >= 0.6 is 51.3 Å². The van der Waals surface area contributed by atoms with Crippen molar-refractivity contribution < 1.29 is 0 Å². The maximum Gasteiger partial charge on any atom is 0.164 e. The highest BCUT2D eigenvalue weighted by Crippen LogP contribution is 2.45. The summed E-state index contributed by atoms with van der Waals surface area (Å²) >= 11 is 21.8. The van der Waals surface area contributed by atoms with Gasteiger partial charge in [0.25, 0.3) is 0 Å². The molecule has 0 saturated heterocycles. The van der Waals surface area contributed by atoms with E-state index in [1.54, 1.807) is 6.07 Å². The minimum absolute atomic E-state index is 0.0629. The van der Waals surface area contributed by atoms with Gasteiger partial charge in [0.2, 0.25) is 0 Å². The quantitative estimate of drug-likeness (QED) is 0.381. The number of rotatable bonds is 5. The van der Waals surface area contributed by atoms with Crippen LogP contribution in [0.4, 0.5) is 0 Å². The van der Waals surface area contributed by atoms with Gasteiger partial charge >= 0.3 is 0 Å². The molecule has 2 aromatic rings. The van der Waals surface area contributed by atoms with Crippen molar-refractivity contribution in [2.24, 2.45) is 10.8 Å². The summed E-state index contributed by atoms with van der Waals surface area (Å²) in [5.41, 5.74) is 12.3. The zero-order valence-electron chi connectivity index (χ0n) is 17.0. The monoisotopic (exact) mass is 538 g/mol. The molecule has 2 aromatic carbocycles. The normalized spacial score (nSPS) is 21.1. The van der Waals surface area contributed by atoms with Gasteiger partial charge in [-0.05, 0) is 60.5 Å². The van der Waals surface area contributed by atoms with Gasteiger partial charge < -0.3 is 16.5 Å². The number of nitrogens with zero attached hydrogens (tertiary/aromatic N) is 1. The molecule has 2 atom stereocenters. The van der Waals surface area contributed by atoms with Gasteiger partial charge in [0, 0.05) is 26.9 Å². The number of nitrogens with two attached hydrogens (primary N) is 1. The van der Waals surface area contributed by atoms with Gasteiger partial charge in [-0.2, -0.15) is 5.10 Å². The van der Waals surface area contributed by atoms with E-state index in [1.165, 1.54) is 12.0 Å².